The van der Waals surface area contributed by atoms with Gasteiger partial charge < -0.3 is 0 Å². The first-order chi connectivity index (χ1) is 12.9. The fourth-order valence-electron chi connectivity index (χ4n) is 3.03. The molecule has 0 bridgehead atoms. The SMILES string of the molecule is CC.CCC.CCC1(C)C=CC=C2C(=O)C3=C(C=C(C)CC=C3)C(=O)C2=C1. The zero-order valence-corrected chi connectivity index (χ0v) is 18.0. The van der Waals surface area contributed by atoms with Crippen LogP contribution in [0.15, 0.2) is 70.4 Å². The highest BCUT2D eigenvalue weighted by molar-refractivity contribution is 6.31. The summed E-state index contributed by atoms with van der Waals surface area (Å²) in [4.78, 5) is 25.8. The van der Waals surface area contributed by atoms with Crippen LogP contribution in [0.1, 0.15) is 67.7 Å². The summed E-state index contributed by atoms with van der Waals surface area (Å²) in [6.07, 6.45) is 16.2. The summed E-state index contributed by atoms with van der Waals surface area (Å²) < 4.78 is 0. The van der Waals surface area contributed by atoms with E-state index in [4.69, 9.17) is 0 Å². The zero-order valence-electron chi connectivity index (χ0n) is 18.0. The Labute approximate surface area is 165 Å². The van der Waals surface area contributed by atoms with Crippen LogP contribution in [-0.2, 0) is 9.59 Å². The predicted molar refractivity (Wildman–Crippen MR) is 116 cm³/mol. The summed E-state index contributed by atoms with van der Waals surface area (Å²) >= 11 is 0. The van der Waals surface area contributed by atoms with Crippen LogP contribution in [0.3, 0.4) is 0 Å². The lowest BCUT2D eigenvalue weighted by molar-refractivity contribution is -0.116. The van der Waals surface area contributed by atoms with E-state index in [0.717, 1.165) is 18.4 Å². The van der Waals surface area contributed by atoms with Crippen LogP contribution in [-0.4, -0.2) is 11.6 Å². The van der Waals surface area contributed by atoms with Crippen molar-refractivity contribution in [3.63, 3.8) is 0 Å². The molecule has 3 aliphatic carbocycles. The third kappa shape index (κ3) is 5.15. The molecule has 3 aliphatic rings. The fraction of sp³-hybridized carbons (Fsp3) is 0.440. The molecule has 0 aromatic carbocycles. The van der Waals surface area contributed by atoms with Gasteiger partial charge >= 0.3 is 0 Å². The Kier molecular flexibility index (Phi) is 8.62. The number of allylic oxidation sites excluding steroid dienone is 12. The quantitative estimate of drug-likeness (QED) is 0.522. The van der Waals surface area contributed by atoms with Crippen LogP contribution < -0.4 is 0 Å². The normalized spacial score (nSPS) is 23.3. The van der Waals surface area contributed by atoms with Crippen molar-refractivity contribution in [2.75, 3.05) is 0 Å². The molecule has 1 atom stereocenters. The van der Waals surface area contributed by atoms with E-state index in [-0.39, 0.29) is 17.0 Å². The van der Waals surface area contributed by atoms with Crippen LogP contribution in [0, 0.1) is 5.41 Å². The van der Waals surface area contributed by atoms with Crippen molar-refractivity contribution >= 4 is 11.6 Å². The summed E-state index contributed by atoms with van der Waals surface area (Å²) in [5, 5.41) is 0. The Balaban J connectivity index is 0.000000665. The zero-order chi connectivity index (χ0) is 20.6. The minimum absolute atomic E-state index is 0.0323. The molecular weight excluding hydrogens is 332 g/mol. The lowest BCUT2D eigenvalue weighted by Crippen LogP contribution is -2.24. The van der Waals surface area contributed by atoms with Gasteiger partial charge in [0.15, 0.2) is 11.6 Å². The smallest absolute Gasteiger partial charge is 0.194 e. The van der Waals surface area contributed by atoms with Gasteiger partial charge in [0.05, 0.1) is 0 Å². The first-order valence-electron chi connectivity index (χ1n) is 10.2. The van der Waals surface area contributed by atoms with Crippen LogP contribution in [0.5, 0.6) is 0 Å². The topological polar surface area (TPSA) is 34.1 Å². The Hall–Kier alpha value is -2.22. The highest BCUT2D eigenvalue weighted by Crippen LogP contribution is 2.38. The maximum absolute atomic E-state index is 13.0. The first-order valence-corrected chi connectivity index (χ1v) is 10.2. The van der Waals surface area contributed by atoms with E-state index in [0.29, 0.717) is 22.3 Å². The second-order valence-corrected chi connectivity index (χ2v) is 7.15. The van der Waals surface area contributed by atoms with Gasteiger partial charge in [0, 0.05) is 27.7 Å². The maximum atomic E-state index is 13.0. The number of Topliss-reactive ketones (excluding diaryl/α,β-unsaturated/α-hetero) is 2. The van der Waals surface area contributed by atoms with Crippen molar-refractivity contribution in [3.8, 4) is 0 Å². The van der Waals surface area contributed by atoms with E-state index in [1.54, 1.807) is 12.2 Å². The summed E-state index contributed by atoms with van der Waals surface area (Å²) in [5.74, 6) is -0.0804. The summed E-state index contributed by atoms with van der Waals surface area (Å²) in [6, 6.07) is 0. The van der Waals surface area contributed by atoms with Crippen molar-refractivity contribution in [1.82, 2.24) is 0 Å². The molecule has 0 fully saturated rings. The fourth-order valence-corrected chi connectivity index (χ4v) is 3.03. The third-order valence-electron chi connectivity index (χ3n) is 4.65. The molecule has 3 rings (SSSR count). The molecule has 0 aromatic heterocycles. The Bertz CT molecular complexity index is 766. The predicted octanol–water partition coefficient (Wildman–Crippen LogP) is 6.62. The standard InChI is InChI=1S/C20H20O2.C3H8.C2H6/c1-4-20(3)10-6-9-15-17(12-20)19(22)16-11-13(2)7-5-8-14(16)18(15)21;1-3-2;1-2/h5-6,8-12H,4,7H2,1-3H3;3H2,1-2H3;1-2H3. The second kappa shape index (κ2) is 10.2. The highest BCUT2D eigenvalue weighted by atomic mass is 16.1. The monoisotopic (exact) mass is 366 g/mol. The average Bonchev–Trinajstić information content (AvgIpc) is 2.96. The molecule has 0 saturated carbocycles. The van der Waals surface area contributed by atoms with Crippen LogP contribution in [0.25, 0.3) is 0 Å². The van der Waals surface area contributed by atoms with Crippen molar-refractivity contribution in [2.45, 2.75) is 67.7 Å². The minimum Gasteiger partial charge on any atom is -0.289 e. The molecule has 0 amide bonds. The van der Waals surface area contributed by atoms with Gasteiger partial charge in [-0.3, -0.25) is 9.59 Å². The molecule has 27 heavy (non-hydrogen) atoms. The third-order valence-corrected chi connectivity index (χ3v) is 4.65. The molecule has 0 spiro atoms. The van der Waals surface area contributed by atoms with Crippen LogP contribution in [0.2, 0.25) is 0 Å². The molecule has 0 radical (unpaired) electrons. The number of hydrogen-bond acceptors (Lipinski definition) is 2. The Morgan fingerprint density at radius 2 is 1.59 bits per heavy atom. The molecule has 2 heteroatoms. The molecule has 0 saturated heterocycles. The molecular formula is C25H34O2. The average molecular weight is 367 g/mol. The van der Waals surface area contributed by atoms with Gasteiger partial charge in [0.1, 0.15) is 0 Å². The van der Waals surface area contributed by atoms with E-state index in [9.17, 15) is 9.59 Å². The van der Waals surface area contributed by atoms with Crippen molar-refractivity contribution < 1.29 is 9.59 Å². The van der Waals surface area contributed by atoms with Gasteiger partial charge in [-0.2, -0.15) is 0 Å². The highest BCUT2D eigenvalue weighted by Gasteiger charge is 2.35. The Morgan fingerprint density at radius 1 is 1.00 bits per heavy atom. The number of rotatable bonds is 1. The summed E-state index contributed by atoms with van der Waals surface area (Å²) in [6.45, 7) is 14.4. The van der Waals surface area contributed by atoms with Gasteiger partial charge in [-0.05, 0) is 19.8 Å². The van der Waals surface area contributed by atoms with Gasteiger partial charge in [-0.1, -0.05) is 96.1 Å². The van der Waals surface area contributed by atoms with Gasteiger partial charge in [-0.25, -0.2) is 0 Å². The Morgan fingerprint density at radius 3 is 2.19 bits per heavy atom. The van der Waals surface area contributed by atoms with Crippen molar-refractivity contribution in [3.05, 3.63) is 70.4 Å². The molecule has 0 heterocycles. The van der Waals surface area contributed by atoms with E-state index in [2.05, 4.69) is 33.8 Å². The van der Waals surface area contributed by atoms with Crippen molar-refractivity contribution in [2.24, 2.45) is 5.41 Å². The van der Waals surface area contributed by atoms with E-state index >= 15 is 0 Å². The molecule has 0 aliphatic heterocycles. The van der Waals surface area contributed by atoms with Gasteiger partial charge in [-0.15, -0.1) is 0 Å². The van der Waals surface area contributed by atoms with Gasteiger partial charge in [0.25, 0.3) is 0 Å². The summed E-state index contributed by atoms with van der Waals surface area (Å²) in [7, 11) is 0. The number of fused-ring (bicyclic) bond motifs is 1. The molecule has 0 aromatic rings. The second-order valence-electron chi connectivity index (χ2n) is 7.15. The molecule has 2 nitrogen and oxygen atoms in total. The number of hydrogen-bond donors (Lipinski definition) is 0. The maximum Gasteiger partial charge on any atom is 0.194 e. The largest absolute Gasteiger partial charge is 0.289 e. The lowest BCUT2D eigenvalue weighted by atomic mass is 9.78. The summed E-state index contributed by atoms with van der Waals surface area (Å²) in [5.41, 5.74) is 3.05. The first kappa shape index (κ1) is 22.8. The molecule has 0 N–H and O–H groups in total. The van der Waals surface area contributed by atoms with E-state index in [1.165, 1.54) is 6.42 Å². The lowest BCUT2D eigenvalue weighted by Gasteiger charge is -2.23. The van der Waals surface area contributed by atoms with Crippen molar-refractivity contribution in [1.29, 1.82) is 0 Å². The molecule has 146 valence electrons. The number of carbonyl (C=O) groups is 2. The van der Waals surface area contributed by atoms with Crippen LogP contribution in [0.4, 0.5) is 0 Å². The molecule has 1 unspecified atom stereocenters. The van der Waals surface area contributed by atoms with Gasteiger partial charge in [0.2, 0.25) is 0 Å². The van der Waals surface area contributed by atoms with E-state index < -0.39 is 0 Å². The number of ketones is 2. The minimum atomic E-state index is -0.194. The number of carbonyl (C=O) groups excluding carboxylic acids is 2. The van der Waals surface area contributed by atoms with E-state index in [1.807, 2.05) is 45.1 Å². The van der Waals surface area contributed by atoms with Crippen LogP contribution >= 0.6 is 0 Å².